The van der Waals surface area contributed by atoms with E-state index in [1.54, 1.807) is 6.07 Å². The molecule has 1 aromatic carbocycles. The number of hydrogen-bond acceptors (Lipinski definition) is 6. The predicted molar refractivity (Wildman–Crippen MR) is 87.3 cm³/mol. The number of nitrogens with zero attached hydrogens (tertiary/aromatic N) is 2. The third kappa shape index (κ3) is 4.51. The molecule has 0 spiro atoms. The molecule has 2 aromatic rings. The van der Waals surface area contributed by atoms with Crippen molar-refractivity contribution in [3.63, 3.8) is 0 Å². The first-order valence-electron chi connectivity index (χ1n) is 6.73. The van der Waals surface area contributed by atoms with Gasteiger partial charge in [-0.1, -0.05) is 37.3 Å². The summed E-state index contributed by atoms with van der Waals surface area (Å²) >= 11 is 0. The van der Waals surface area contributed by atoms with E-state index in [4.69, 9.17) is 5.84 Å². The van der Waals surface area contributed by atoms with Gasteiger partial charge in [0.05, 0.1) is 0 Å². The molecule has 1 atom stereocenters. The Bertz CT molecular complexity index is 606. The van der Waals surface area contributed by atoms with Crippen LogP contribution in [0.5, 0.6) is 0 Å². The van der Waals surface area contributed by atoms with Crippen molar-refractivity contribution in [2.75, 3.05) is 28.8 Å². The van der Waals surface area contributed by atoms with Crippen molar-refractivity contribution < 1.29 is 4.21 Å². The van der Waals surface area contributed by atoms with E-state index < -0.39 is 10.8 Å². The van der Waals surface area contributed by atoms with Crippen molar-refractivity contribution in [1.82, 2.24) is 9.97 Å². The maximum absolute atomic E-state index is 11.4. The van der Waals surface area contributed by atoms with Gasteiger partial charge in [0, 0.05) is 40.5 Å². The fourth-order valence-corrected chi connectivity index (χ4v) is 2.38. The van der Waals surface area contributed by atoms with Gasteiger partial charge >= 0.3 is 0 Å². The van der Waals surface area contributed by atoms with Crippen molar-refractivity contribution in [1.29, 1.82) is 0 Å². The monoisotopic (exact) mass is 305 g/mol. The number of rotatable bonds is 7. The Labute approximate surface area is 126 Å². The Morgan fingerprint density at radius 1 is 1.19 bits per heavy atom. The molecule has 0 aliphatic heterocycles. The molecule has 0 fully saturated rings. The minimum atomic E-state index is -0.795. The van der Waals surface area contributed by atoms with E-state index in [1.807, 2.05) is 37.3 Å². The molecule has 1 aromatic heterocycles. The van der Waals surface area contributed by atoms with E-state index in [0.717, 1.165) is 5.56 Å². The SMILES string of the molecule is CCS(=O)CCNc1cc(NN)nc(-c2ccccc2)n1. The highest BCUT2D eigenvalue weighted by Crippen LogP contribution is 2.19. The van der Waals surface area contributed by atoms with Gasteiger partial charge in [-0.3, -0.25) is 4.21 Å². The van der Waals surface area contributed by atoms with Crippen molar-refractivity contribution in [2.24, 2.45) is 5.84 Å². The first-order valence-corrected chi connectivity index (χ1v) is 8.21. The molecule has 21 heavy (non-hydrogen) atoms. The molecule has 0 amide bonds. The number of benzene rings is 1. The lowest BCUT2D eigenvalue weighted by atomic mass is 10.2. The molecule has 4 N–H and O–H groups in total. The van der Waals surface area contributed by atoms with Crippen molar-refractivity contribution >= 4 is 22.4 Å². The fraction of sp³-hybridized carbons (Fsp3) is 0.286. The van der Waals surface area contributed by atoms with Crippen LogP contribution in [0.3, 0.4) is 0 Å². The summed E-state index contributed by atoms with van der Waals surface area (Å²) in [4.78, 5) is 8.79. The lowest BCUT2D eigenvalue weighted by Gasteiger charge is -2.09. The topological polar surface area (TPSA) is 92.9 Å². The van der Waals surface area contributed by atoms with E-state index in [1.165, 1.54) is 0 Å². The van der Waals surface area contributed by atoms with Crippen LogP contribution in [-0.4, -0.2) is 32.2 Å². The Balaban J connectivity index is 2.16. The van der Waals surface area contributed by atoms with E-state index in [-0.39, 0.29) is 0 Å². The number of nitrogen functional groups attached to an aromatic ring is 1. The zero-order valence-corrected chi connectivity index (χ0v) is 12.7. The highest BCUT2D eigenvalue weighted by molar-refractivity contribution is 7.84. The number of hydrogen-bond donors (Lipinski definition) is 3. The Kier molecular flexibility index (Phi) is 5.65. The molecule has 1 heterocycles. The smallest absolute Gasteiger partial charge is 0.163 e. The summed E-state index contributed by atoms with van der Waals surface area (Å²) in [7, 11) is -0.795. The van der Waals surface area contributed by atoms with Crippen LogP contribution < -0.4 is 16.6 Å². The summed E-state index contributed by atoms with van der Waals surface area (Å²) in [5.74, 6) is 8.48. The highest BCUT2D eigenvalue weighted by atomic mass is 32.2. The van der Waals surface area contributed by atoms with Gasteiger partial charge in [-0.25, -0.2) is 15.8 Å². The second-order valence-corrected chi connectivity index (χ2v) is 6.20. The Morgan fingerprint density at radius 2 is 1.90 bits per heavy atom. The summed E-state index contributed by atoms with van der Waals surface area (Å²) in [6.07, 6.45) is 0. The number of aromatic nitrogens is 2. The van der Waals surface area contributed by atoms with Gasteiger partial charge in [-0.05, 0) is 0 Å². The third-order valence-electron chi connectivity index (χ3n) is 2.86. The molecule has 0 radical (unpaired) electrons. The largest absolute Gasteiger partial charge is 0.369 e. The van der Waals surface area contributed by atoms with Crippen LogP contribution in [0.15, 0.2) is 36.4 Å². The summed E-state index contributed by atoms with van der Waals surface area (Å²) in [5, 5.41) is 3.16. The Hall–Kier alpha value is -1.99. The lowest BCUT2D eigenvalue weighted by molar-refractivity contribution is 0.684. The third-order valence-corrected chi connectivity index (χ3v) is 4.17. The molecular weight excluding hydrogens is 286 g/mol. The second kappa shape index (κ2) is 7.70. The first kappa shape index (κ1) is 15.4. The van der Waals surface area contributed by atoms with Crippen molar-refractivity contribution in [2.45, 2.75) is 6.92 Å². The van der Waals surface area contributed by atoms with Gasteiger partial charge in [0.15, 0.2) is 5.82 Å². The minimum Gasteiger partial charge on any atom is -0.369 e. The van der Waals surface area contributed by atoms with E-state index in [9.17, 15) is 4.21 Å². The van der Waals surface area contributed by atoms with Crippen LogP contribution in [0, 0.1) is 0 Å². The summed E-state index contributed by atoms with van der Waals surface area (Å²) in [6, 6.07) is 11.4. The van der Waals surface area contributed by atoms with E-state index in [0.29, 0.717) is 35.5 Å². The van der Waals surface area contributed by atoms with Crippen LogP contribution in [-0.2, 0) is 10.8 Å². The standard InChI is InChI=1S/C14H19N5OS/c1-2-21(20)9-8-16-12-10-13(19-15)18-14(17-12)11-6-4-3-5-7-11/h3-7,10H,2,8-9,15H2,1H3,(H2,16,17,18,19). The number of hydrazine groups is 1. The summed E-state index contributed by atoms with van der Waals surface area (Å²) in [6.45, 7) is 2.50. The lowest BCUT2D eigenvalue weighted by Crippen LogP contribution is -2.15. The van der Waals surface area contributed by atoms with E-state index >= 15 is 0 Å². The molecule has 0 bridgehead atoms. The molecule has 7 heteroatoms. The van der Waals surface area contributed by atoms with Gasteiger partial charge in [0.1, 0.15) is 11.6 Å². The van der Waals surface area contributed by atoms with Gasteiger partial charge in [-0.15, -0.1) is 0 Å². The zero-order valence-electron chi connectivity index (χ0n) is 11.9. The Morgan fingerprint density at radius 3 is 2.57 bits per heavy atom. The first-order chi connectivity index (χ1) is 10.2. The van der Waals surface area contributed by atoms with Crippen LogP contribution in [0.1, 0.15) is 6.92 Å². The number of anilines is 2. The van der Waals surface area contributed by atoms with Crippen LogP contribution in [0.25, 0.3) is 11.4 Å². The summed E-state index contributed by atoms with van der Waals surface area (Å²) < 4.78 is 11.4. The zero-order chi connectivity index (χ0) is 15.1. The van der Waals surface area contributed by atoms with Crippen LogP contribution in [0.4, 0.5) is 11.6 Å². The summed E-state index contributed by atoms with van der Waals surface area (Å²) in [5.41, 5.74) is 3.45. The normalized spacial score (nSPS) is 11.9. The van der Waals surface area contributed by atoms with Gasteiger partial charge in [0.2, 0.25) is 0 Å². The van der Waals surface area contributed by atoms with Crippen LogP contribution in [0.2, 0.25) is 0 Å². The molecule has 0 saturated heterocycles. The predicted octanol–water partition coefficient (Wildman–Crippen LogP) is 1.61. The van der Waals surface area contributed by atoms with Crippen LogP contribution >= 0.6 is 0 Å². The highest BCUT2D eigenvalue weighted by Gasteiger charge is 2.06. The second-order valence-electron chi connectivity index (χ2n) is 4.33. The van der Waals surface area contributed by atoms with Gasteiger partial charge < -0.3 is 10.7 Å². The van der Waals surface area contributed by atoms with E-state index in [2.05, 4.69) is 20.7 Å². The molecule has 112 valence electrons. The molecule has 0 aliphatic carbocycles. The number of nitrogens with one attached hydrogen (secondary N) is 2. The van der Waals surface area contributed by atoms with Crippen molar-refractivity contribution in [3.05, 3.63) is 36.4 Å². The van der Waals surface area contributed by atoms with Crippen molar-refractivity contribution in [3.8, 4) is 11.4 Å². The minimum absolute atomic E-state index is 0.531. The average Bonchev–Trinajstić information content (AvgIpc) is 2.55. The maximum Gasteiger partial charge on any atom is 0.163 e. The quantitative estimate of drug-likeness (QED) is 0.531. The molecule has 0 saturated carbocycles. The average molecular weight is 305 g/mol. The van der Waals surface area contributed by atoms with Gasteiger partial charge in [-0.2, -0.15) is 0 Å². The fourth-order valence-electron chi connectivity index (χ4n) is 1.77. The molecule has 1 unspecified atom stereocenters. The molecular formula is C14H19N5OS. The maximum atomic E-state index is 11.4. The molecule has 6 nitrogen and oxygen atoms in total. The number of nitrogens with two attached hydrogens (primary N) is 1. The van der Waals surface area contributed by atoms with Gasteiger partial charge in [0.25, 0.3) is 0 Å². The molecule has 0 aliphatic rings. The molecule has 2 rings (SSSR count).